The summed E-state index contributed by atoms with van der Waals surface area (Å²) in [5.41, 5.74) is 0.214. The van der Waals surface area contributed by atoms with Crippen LogP contribution in [-0.4, -0.2) is 33.9 Å². The Kier molecular flexibility index (Phi) is 3.81. The van der Waals surface area contributed by atoms with Crippen molar-refractivity contribution >= 4 is 29.1 Å². The van der Waals surface area contributed by atoms with Gasteiger partial charge in [0.25, 0.3) is 5.91 Å². The molecule has 1 fully saturated rings. The molecule has 0 saturated heterocycles. The monoisotopic (exact) mass is 275 g/mol. The van der Waals surface area contributed by atoms with Gasteiger partial charge in [0.05, 0.1) is 11.7 Å². The third-order valence-electron chi connectivity index (χ3n) is 2.73. The Hall–Kier alpha value is -0.910. The maximum Gasteiger partial charge on any atom is 0.254 e. The van der Waals surface area contributed by atoms with Gasteiger partial charge in [0.2, 0.25) is 0 Å². The fraction of sp³-hybridized carbons (Fsp3) is 0.500. The highest BCUT2D eigenvalue weighted by molar-refractivity contribution is 6.34. The van der Waals surface area contributed by atoms with Crippen molar-refractivity contribution < 1.29 is 9.90 Å². The lowest BCUT2D eigenvalue weighted by molar-refractivity contribution is 0.0420. The second-order valence-electron chi connectivity index (χ2n) is 4.07. The highest BCUT2D eigenvalue weighted by Gasteiger charge is 2.27. The molecule has 0 aromatic carbocycles. The van der Waals surface area contributed by atoms with Gasteiger partial charge in [-0.05, 0) is 24.8 Å². The number of carbonyl (C=O) groups excluding carboxylic acids is 1. The number of amides is 1. The average Bonchev–Trinajstić information content (AvgIpc) is 2.26. The molecule has 0 radical (unpaired) electrons. The highest BCUT2D eigenvalue weighted by Crippen LogP contribution is 2.26. The van der Waals surface area contributed by atoms with Crippen LogP contribution in [0.15, 0.2) is 6.07 Å². The summed E-state index contributed by atoms with van der Waals surface area (Å²) in [6, 6.07) is 1.38. The molecule has 1 aromatic rings. The molecule has 5 nitrogen and oxygen atoms in total. The Bertz CT molecular complexity index is 436. The van der Waals surface area contributed by atoms with E-state index in [1.165, 1.54) is 6.07 Å². The molecule has 1 aliphatic carbocycles. The number of nitrogens with one attached hydrogen (secondary N) is 1. The van der Waals surface area contributed by atoms with E-state index >= 15 is 0 Å². The molecule has 1 saturated carbocycles. The molecule has 1 aromatic heterocycles. The smallest absolute Gasteiger partial charge is 0.254 e. The van der Waals surface area contributed by atoms with Gasteiger partial charge in [-0.3, -0.25) is 4.79 Å². The van der Waals surface area contributed by atoms with E-state index in [1.54, 1.807) is 0 Å². The Balaban J connectivity index is 1.92. The molecule has 0 bridgehead atoms. The number of hydrogen-bond acceptors (Lipinski definition) is 4. The van der Waals surface area contributed by atoms with Crippen molar-refractivity contribution in [3.05, 3.63) is 21.9 Å². The molecule has 17 heavy (non-hydrogen) atoms. The molecule has 92 valence electrons. The van der Waals surface area contributed by atoms with E-state index < -0.39 is 0 Å². The van der Waals surface area contributed by atoms with Gasteiger partial charge in [0.1, 0.15) is 0 Å². The Labute approximate surface area is 108 Å². The van der Waals surface area contributed by atoms with Crippen molar-refractivity contribution in [3.8, 4) is 0 Å². The van der Waals surface area contributed by atoms with Crippen LogP contribution in [0.5, 0.6) is 0 Å². The third-order valence-corrected chi connectivity index (χ3v) is 3.19. The van der Waals surface area contributed by atoms with Gasteiger partial charge < -0.3 is 10.4 Å². The standard InChI is InChI=1S/C10H11Cl2N3O2/c11-8-3-7(9(12)15-14-8)10(17)13-4-5-1-6(16)2-5/h3,5-6,16H,1-2,4H2,(H,13,17). The van der Waals surface area contributed by atoms with Gasteiger partial charge in [0.15, 0.2) is 10.3 Å². The Morgan fingerprint density at radius 1 is 1.47 bits per heavy atom. The molecule has 1 amide bonds. The second kappa shape index (κ2) is 5.16. The lowest BCUT2D eigenvalue weighted by Crippen LogP contribution is -2.38. The molecule has 7 heteroatoms. The van der Waals surface area contributed by atoms with E-state index in [0.717, 1.165) is 12.8 Å². The van der Waals surface area contributed by atoms with E-state index in [9.17, 15) is 4.79 Å². The zero-order chi connectivity index (χ0) is 12.4. The summed E-state index contributed by atoms with van der Waals surface area (Å²) in [6.07, 6.45) is 1.23. The predicted octanol–water partition coefficient (Wildman–Crippen LogP) is 1.28. The molecular weight excluding hydrogens is 265 g/mol. The maximum atomic E-state index is 11.8. The van der Waals surface area contributed by atoms with E-state index in [2.05, 4.69) is 15.5 Å². The topological polar surface area (TPSA) is 75.1 Å². The van der Waals surface area contributed by atoms with Crippen LogP contribution < -0.4 is 5.32 Å². The van der Waals surface area contributed by atoms with Crippen molar-refractivity contribution in [2.45, 2.75) is 18.9 Å². The van der Waals surface area contributed by atoms with Crippen LogP contribution in [0.25, 0.3) is 0 Å². The molecule has 1 heterocycles. The zero-order valence-electron chi connectivity index (χ0n) is 8.86. The minimum atomic E-state index is -0.326. The van der Waals surface area contributed by atoms with Gasteiger partial charge in [-0.2, -0.15) is 0 Å². The first-order valence-corrected chi connectivity index (χ1v) is 5.97. The fourth-order valence-corrected chi connectivity index (χ4v) is 2.04. The third kappa shape index (κ3) is 3.06. The molecule has 2 rings (SSSR count). The van der Waals surface area contributed by atoms with Crippen LogP contribution in [0.1, 0.15) is 23.2 Å². The van der Waals surface area contributed by atoms with E-state index in [4.69, 9.17) is 28.3 Å². The largest absolute Gasteiger partial charge is 0.393 e. The number of rotatable bonds is 3. The van der Waals surface area contributed by atoms with Crippen molar-refractivity contribution in [2.24, 2.45) is 5.92 Å². The summed E-state index contributed by atoms with van der Waals surface area (Å²) < 4.78 is 0. The second-order valence-corrected chi connectivity index (χ2v) is 4.82. The summed E-state index contributed by atoms with van der Waals surface area (Å²) >= 11 is 11.4. The molecule has 1 aliphatic rings. The summed E-state index contributed by atoms with van der Waals surface area (Å²) in [5.74, 6) is 0.00573. The number of halogens is 2. The number of carbonyl (C=O) groups is 1. The number of aliphatic hydroxyl groups is 1. The van der Waals surface area contributed by atoms with Gasteiger partial charge in [-0.1, -0.05) is 23.2 Å². The van der Waals surface area contributed by atoms with Crippen LogP contribution >= 0.6 is 23.2 Å². The van der Waals surface area contributed by atoms with Crippen LogP contribution in [0.4, 0.5) is 0 Å². The Morgan fingerprint density at radius 2 is 2.18 bits per heavy atom. The first-order valence-electron chi connectivity index (χ1n) is 5.21. The maximum absolute atomic E-state index is 11.8. The molecule has 0 atom stereocenters. The summed E-state index contributed by atoms with van der Waals surface area (Å²) in [7, 11) is 0. The minimum Gasteiger partial charge on any atom is -0.393 e. The predicted molar refractivity (Wildman–Crippen MR) is 63.1 cm³/mol. The SMILES string of the molecule is O=C(NCC1CC(O)C1)c1cc(Cl)nnc1Cl. The minimum absolute atomic E-state index is 0.0283. The van der Waals surface area contributed by atoms with Gasteiger partial charge >= 0.3 is 0 Å². The lowest BCUT2D eigenvalue weighted by atomic mass is 9.82. The Morgan fingerprint density at radius 3 is 2.82 bits per heavy atom. The molecule has 0 unspecified atom stereocenters. The number of hydrogen-bond donors (Lipinski definition) is 2. The average molecular weight is 276 g/mol. The van der Waals surface area contributed by atoms with Crippen molar-refractivity contribution in [3.63, 3.8) is 0 Å². The van der Waals surface area contributed by atoms with Crippen molar-refractivity contribution in [2.75, 3.05) is 6.54 Å². The first kappa shape index (κ1) is 12.5. The summed E-state index contributed by atoms with van der Waals surface area (Å²) in [6.45, 7) is 0.520. The van der Waals surface area contributed by atoms with E-state index in [0.29, 0.717) is 12.5 Å². The number of nitrogens with zero attached hydrogens (tertiary/aromatic N) is 2. The lowest BCUT2D eigenvalue weighted by Gasteiger charge is -2.31. The van der Waals surface area contributed by atoms with Gasteiger partial charge in [-0.25, -0.2) is 0 Å². The van der Waals surface area contributed by atoms with Crippen molar-refractivity contribution in [1.29, 1.82) is 0 Å². The molecule has 0 aliphatic heterocycles. The number of aliphatic hydroxyl groups excluding tert-OH is 1. The van der Waals surface area contributed by atoms with Crippen LogP contribution in [0.3, 0.4) is 0 Å². The molecular formula is C10H11Cl2N3O2. The van der Waals surface area contributed by atoms with E-state index in [-0.39, 0.29) is 27.9 Å². The van der Waals surface area contributed by atoms with Crippen LogP contribution in [0, 0.1) is 5.92 Å². The van der Waals surface area contributed by atoms with Crippen LogP contribution in [-0.2, 0) is 0 Å². The van der Waals surface area contributed by atoms with Crippen LogP contribution in [0.2, 0.25) is 10.3 Å². The highest BCUT2D eigenvalue weighted by atomic mass is 35.5. The summed E-state index contributed by atoms with van der Waals surface area (Å²) in [4.78, 5) is 11.8. The zero-order valence-corrected chi connectivity index (χ0v) is 10.4. The van der Waals surface area contributed by atoms with Gasteiger partial charge in [-0.15, -0.1) is 10.2 Å². The van der Waals surface area contributed by atoms with Gasteiger partial charge in [0, 0.05) is 6.54 Å². The summed E-state index contributed by atoms with van der Waals surface area (Å²) in [5, 5.41) is 19.1. The molecule has 2 N–H and O–H groups in total. The fourth-order valence-electron chi connectivity index (χ4n) is 1.71. The molecule has 0 spiro atoms. The normalized spacial score (nSPS) is 23.0. The number of aromatic nitrogens is 2. The van der Waals surface area contributed by atoms with E-state index in [1.807, 2.05) is 0 Å². The van der Waals surface area contributed by atoms with Crippen molar-refractivity contribution in [1.82, 2.24) is 15.5 Å². The first-order chi connectivity index (χ1) is 8.06. The quantitative estimate of drug-likeness (QED) is 0.872.